The van der Waals surface area contributed by atoms with Gasteiger partial charge in [-0.15, -0.1) is 12.8 Å². The van der Waals surface area contributed by atoms with Crippen LogP contribution in [-0.4, -0.2) is 24.0 Å². The standard InChI is InChI=1S/C8H11N5O2.C4H10.C2H2/c1-15-7(10)4-3-12-6(2-5(4)9)13-8(11)14;1-4(2)3;1-2/h2-3,10H,1H3,(H5,9,11,12,13,14);4H,1-3H3;1-2H. The Morgan fingerprint density at radius 2 is 1.90 bits per heavy atom. The van der Waals surface area contributed by atoms with Crippen molar-refractivity contribution in [2.45, 2.75) is 20.8 Å². The molecule has 1 heterocycles. The van der Waals surface area contributed by atoms with Gasteiger partial charge in [0.1, 0.15) is 5.82 Å². The molecule has 0 saturated heterocycles. The number of amides is 2. The van der Waals surface area contributed by atoms with E-state index in [2.05, 4.69) is 48.7 Å². The van der Waals surface area contributed by atoms with Crippen LogP contribution in [0.1, 0.15) is 26.3 Å². The van der Waals surface area contributed by atoms with Crippen molar-refractivity contribution in [1.82, 2.24) is 4.98 Å². The Morgan fingerprint density at radius 3 is 2.24 bits per heavy atom. The summed E-state index contributed by atoms with van der Waals surface area (Å²) in [5.74, 6) is 0.971. The molecular formula is C14H23N5O2. The Labute approximate surface area is 125 Å². The lowest BCUT2D eigenvalue weighted by molar-refractivity contribution is 0.259. The van der Waals surface area contributed by atoms with Crippen LogP contribution in [0.2, 0.25) is 0 Å². The zero-order valence-corrected chi connectivity index (χ0v) is 12.8. The topological polar surface area (TPSA) is 127 Å². The van der Waals surface area contributed by atoms with Crippen molar-refractivity contribution in [3.05, 3.63) is 17.8 Å². The molecule has 0 aliphatic heterocycles. The zero-order chi connectivity index (χ0) is 17.0. The Morgan fingerprint density at radius 1 is 1.43 bits per heavy atom. The minimum atomic E-state index is -0.725. The van der Waals surface area contributed by atoms with Gasteiger partial charge in [0, 0.05) is 18.0 Å². The van der Waals surface area contributed by atoms with E-state index in [1.54, 1.807) is 0 Å². The number of carbonyl (C=O) groups is 1. The molecule has 0 radical (unpaired) electrons. The van der Waals surface area contributed by atoms with Crippen LogP contribution in [0, 0.1) is 24.2 Å². The molecule has 7 heteroatoms. The first-order chi connectivity index (χ1) is 9.77. The predicted octanol–water partition coefficient (Wildman–Crippen LogP) is 2.04. The summed E-state index contributed by atoms with van der Waals surface area (Å²) in [6.07, 6.45) is 9.33. The number of rotatable bonds is 2. The number of aromatic nitrogens is 1. The third-order valence-corrected chi connectivity index (χ3v) is 1.64. The molecule has 1 aromatic heterocycles. The number of nitrogens with zero attached hydrogens (tertiary/aromatic N) is 1. The van der Waals surface area contributed by atoms with E-state index in [4.69, 9.17) is 16.9 Å². The summed E-state index contributed by atoms with van der Waals surface area (Å²) < 4.78 is 4.69. The fourth-order valence-corrected chi connectivity index (χ4v) is 0.965. The number of nitrogens with two attached hydrogens (primary N) is 2. The van der Waals surface area contributed by atoms with Crippen molar-refractivity contribution in [3.63, 3.8) is 0 Å². The molecule has 21 heavy (non-hydrogen) atoms. The van der Waals surface area contributed by atoms with Gasteiger partial charge in [-0.25, -0.2) is 9.78 Å². The molecule has 0 spiro atoms. The summed E-state index contributed by atoms with van der Waals surface area (Å²) in [5.41, 5.74) is 11.2. The van der Waals surface area contributed by atoms with Crippen molar-refractivity contribution >= 4 is 23.4 Å². The van der Waals surface area contributed by atoms with Crippen LogP contribution in [0.3, 0.4) is 0 Å². The summed E-state index contributed by atoms with van der Waals surface area (Å²) in [4.78, 5) is 14.4. The maximum absolute atomic E-state index is 10.5. The third-order valence-electron chi connectivity index (χ3n) is 1.64. The van der Waals surface area contributed by atoms with Gasteiger partial charge in [0.05, 0.1) is 12.7 Å². The first-order valence-corrected chi connectivity index (χ1v) is 6.06. The van der Waals surface area contributed by atoms with Crippen LogP contribution < -0.4 is 16.8 Å². The fourth-order valence-electron chi connectivity index (χ4n) is 0.965. The van der Waals surface area contributed by atoms with Crippen molar-refractivity contribution < 1.29 is 9.53 Å². The van der Waals surface area contributed by atoms with E-state index in [-0.39, 0.29) is 17.4 Å². The number of pyridine rings is 1. The average Bonchev–Trinajstić information content (AvgIpc) is 2.39. The highest BCUT2D eigenvalue weighted by Gasteiger charge is 2.08. The van der Waals surface area contributed by atoms with Gasteiger partial charge in [-0.05, 0) is 5.92 Å². The maximum atomic E-state index is 10.5. The smallest absolute Gasteiger partial charge is 0.317 e. The molecule has 0 aliphatic carbocycles. The van der Waals surface area contributed by atoms with Crippen LogP contribution in [0.4, 0.5) is 16.3 Å². The van der Waals surface area contributed by atoms with Gasteiger partial charge in [-0.1, -0.05) is 20.8 Å². The number of anilines is 2. The lowest BCUT2D eigenvalue weighted by Crippen LogP contribution is -2.20. The van der Waals surface area contributed by atoms with Gasteiger partial charge in [0.15, 0.2) is 0 Å². The molecule has 6 N–H and O–H groups in total. The molecular weight excluding hydrogens is 270 g/mol. The lowest BCUT2D eigenvalue weighted by Gasteiger charge is -2.07. The van der Waals surface area contributed by atoms with Crippen molar-refractivity contribution in [2.24, 2.45) is 11.7 Å². The second-order valence-corrected chi connectivity index (χ2v) is 4.41. The van der Waals surface area contributed by atoms with Crippen LogP contribution in [0.15, 0.2) is 12.3 Å². The van der Waals surface area contributed by atoms with Crippen LogP contribution in [0.25, 0.3) is 0 Å². The molecule has 0 bridgehead atoms. The van der Waals surface area contributed by atoms with Crippen LogP contribution in [-0.2, 0) is 4.74 Å². The Bertz CT molecular complexity index is 481. The predicted molar refractivity (Wildman–Crippen MR) is 86.1 cm³/mol. The number of nitrogens with one attached hydrogen (secondary N) is 2. The molecule has 116 valence electrons. The highest BCUT2D eigenvalue weighted by atomic mass is 16.5. The van der Waals surface area contributed by atoms with E-state index in [0.29, 0.717) is 5.56 Å². The maximum Gasteiger partial charge on any atom is 0.317 e. The van der Waals surface area contributed by atoms with Crippen molar-refractivity contribution in [3.8, 4) is 12.8 Å². The SMILES string of the molecule is C#C.CC(C)C.COC(=N)c1cnc(NC(N)=O)cc1N. The first-order valence-electron chi connectivity index (χ1n) is 6.06. The van der Waals surface area contributed by atoms with Gasteiger partial charge in [0.25, 0.3) is 0 Å². The molecule has 7 nitrogen and oxygen atoms in total. The quantitative estimate of drug-likeness (QED) is 0.378. The first kappa shape index (κ1) is 20.6. The number of methoxy groups -OCH3 is 1. The molecule has 2 amide bonds. The largest absolute Gasteiger partial charge is 0.481 e. The molecule has 0 fully saturated rings. The van der Waals surface area contributed by atoms with Gasteiger partial charge < -0.3 is 16.2 Å². The van der Waals surface area contributed by atoms with Crippen LogP contribution in [0.5, 0.6) is 0 Å². The molecule has 0 unspecified atom stereocenters. The summed E-state index contributed by atoms with van der Waals surface area (Å²) in [7, 11) is 1.36. The van der Waals surface area contributed by atoms with Gasteiger partial charge in [-0.2, -0.15) is 0 Å². The van der Waals surface area contributed by atoms with E-state index < -0.39 is 6.03 Å². The summed E-state index contributed by atoms with van der Waals surface area (Å²) in [6, 6.07) is 0.671. The number of terminal acetylenes is 1. The Hall–Kier alpha value is -2.75. The number of urea groups is 1. The molecule has 1 rings (SSSR count). The number of ether oxygens (including phenoxy) is 1. The highest BCUT2D eigenvalue weighted by Crippen LogP contribution is 2.15. The van der Waals surface area contributed by atoms with Gasteiger partial charge in [-0.3, -0.25) is 10.7 Å². The van der Waals surface area contributed by atoms with E-state index >= 15 is 0 Å². The summed E-state index contributed by atoms with van der Waals surface area (Å²) in [5, 5.41) is 9.64. The summed E-state index contributed by atoms with van der Waals surface area (Å²) in [6.45, 7) is 6.50. The summed E-state index contributed by atoms with van der Waals surface area (Å²) >= 11 is 0. The molecule has 0 aliphatic rings. The molecule has 1 aromatic rings. The van der Waals surface area contributed by atoms with Gasteiger partial charge >= 0.3 is 6.03 Å². The Kier molecular flexibility index (Phi) is 10.9. The molecule has 0 atom stereocenters. The minimum Gasteiger partial charge on any atom is -0.481 e. The second kappa shape index (κ2) is 11.1. The van der Waals surface area contributed by atoms with E-state index in [0.717, 1.165) is 5.92 Å². The molecule has 0 saturated carbocycles. The second-order valence-electron chi connectivity index (χ2n) is 4.41. The van der Waals surface area contributed by atoms with E-state index in [1.807, 2.05) is 0 Å². The van der Waals surface area contributed by atoms with E-state index in [1.165, 1.54) is 19.4 Å². The number of primary amides is 1. The van der Waals surface area contributed by atoms with Gasteiger partial charge in [0.2, 0.25) is 5.90 Å². The number of carbonyl (C=O) groups excluding carboxylic acids is 1. The number of nitrogen functional groups attached to an aromatic ring is 1. The number of hydrogen-bond donors (Lipinski definition) is 4. The van der Waals surface area contributed by atoms with Crippen molar-refractivity contribution in [2.75, 3.05) is 18.2 Å². The minimum absolute atomic E-state index is 0.0920. The number of hydrogen-bond acceptors (Lipinski definition) is 5. The monoisotopic (exact) mass is 293 g/mol. The third kappa shape index (κ3) is 9.78. The average molecular weight is 293 g/mol. The fraction of sp³-hybridized carbons (Fsp3) is 0.357. The normalized spacial score (nSPS) is 8.52. The van der Waals surface area contributed by atoms with E-state index in [9.17, 15) is 4.79 Å². The lowest BCUT2D eigenvalue weighted by atomic mass is 10.2. The Balaban J connectivity index is 0. The zero-order valence-electron chi connectivity index (χ0n) is 12.8. The highest BCUT2D eigenvalue weighted by molar-refractivity contribution is 5.97. The molecule has 0 aromatic carbocycles. The van der Waals surface area contributed by atoms with Crippen molar-refractivity contribution in [1.29, 1.82) is 5.41 Å². The van der Waals surface area contributed by atoms with Crippen LogP contribution >= 0.6 is 0 Å².